The van der Waals surface area contributed by atoms with Gasteiger partial charge >= 0.3 is 12.3 Å². The van der Waals surface area contributed by atoms with Crippen molar-refractivity contribution >= 4 is 11.8 Å². The van der Waals surface area contributed by atoms with Crippen LogP contribution in [0.3, 0.4) is 0 Å². The molecule has 0 radical (unpaired) electrons. The molecule has 0 spiro atoms. The van der Waals surface area contributed by atoms with Crippen LogP contribution in [0.2, 0.25) is 0 Å². The molecule has 2 heterocycles. The topological polar surface area (TPSA) is 86.1 Å². The maximum atomic E-state index is 12.7. The zero-order chi connectivity index (χ0) is 25.6. The number of oxime groups is 1. The summed E-state index contributed by atoms with van der Waals surface area (Å²) in [5.41, 5.74) is 0.674. The minimum absolute atomic E-state index is 0.136. The Bertz CT molecular complexity index is 1030. The van der Waals surface area contributed by atoms with Crippen LogP contribution in [0.4, 0.5) is 18.0 Å². The van der Waals surface area contributed by atoms with Crippen LogP contribution in [0.15, 0.2) is 35.7 Å². The van der Waals surface area contributed by atoms with Crippen LogP contribution in [0.25, 0.3) is 0 Å². The number of rotatable bonds is 7. The number of ether oxygens (including phenoxy) is 2. The monoisotopic (exact) mass is 494 g/mol. The van der Waals surface area contributed by atoms with Gasteiger partial charge < -0.3 is 19.2 Å². The van der Waals surface area contributed by atoms with Gasteiger partial charge in [-0.05, 0) is 37.5 Å². The largest absolute Gasteiger partial charge is 0.474 e. The molecule has 190 valence electrons. The molecule has 0 saturated carbocycles. The Kier molecular flexibility index (Phi) is 8.52. The van der Waals surface area contributed by atoms with Gasteiger partial charge in [0.05, 0.1) is 23.4 Å². The van der Waals surface area contributed by atoms with E-state index in [4.69, 9.17) is 14.3 Å². The van der Waals surface area contributed by atoms with Gasteiger partial charge in [0.1, 0.15) is 12.4 Å². The van der Waals surface area contributed by atoms with Crippen molar-refractivity contribution in [2.24, 2.45) is 11.1 Å². The maximum Gasteiger partial charge on any atom is 0.416 e. The fourth-order valence-corrected chi connectivity index (χ4v) is 3.34. The fraction of sp³-hybridized carbons (Fsp3) is 0.500. The van der Waals surface area contributed by atoms with E-state index in [0.29, 0.717) is 55.3 Å². The quantitative estimate of drug-likeness (QED) is 0.386. The van der Waals surface area contributed by atoms with Gasteiger partial charge in [0, 0.05) is 25.9 Å². The first-order valence-electron chi connectivity index (χ1n) is 11.3. The second kappa shape index (κ2) is 11.4. The highest BCUT2D eigenvalue weighted by Crippen LogP contribution is 2.29. The molecule has 3 rings (SSSR count). The van der Waals surface area contributed by atoms with Crippen molar-refractivity contribution in [2.75, 3.05) is 19.7 Å². The molecule has 8 nitrogen and oxygen atoms in total. The Hall–Kier alpha value is -3.37. The second-order valence-electron chi connectivity index (χ2n) is 8.73. The number of benzene rings is 1. The van der Waals surface area contributed by atoms with Crippen LogP contribution < -0.4 is 9.57 Å². The third-order valence-corrected chi connectivity index (χ3v) is 5.41. The number of nitrogens with zero attached hydrogens (tertiary/aromatic N) is 4. The van der Waals surface area contributed by atoms with Gasteiger partial charge in [-0.2, -0.15) is 18.2 Å². The minimum Gasteiger partial charge on any atom is -0.474 e. The van der Waals surface area contributed by atoms with Crippen molar-refractivity contribution < 1.29 is 32.3 Å². The van der Waals surface area contributed by atoms with E-state index in [9.17, 15) is 18.0 Å². The molecule has 1 amide bonds. The third-order valence-electron chi connectivity index (χ3n) is 5.41. The number of likely N-dealkylation sites (tertiary alicyclic amines) is 1. The predicted octanol–water partition coefficient (Wildman–Crippen LogP) is 5.24. The number of amides is 1. The summed E-state index contributed by atoms with van der Waals surface area (Å²) in [5, 5.41) is 4.00. The van der Waals surface area contributed by atoms with E-state index in [0.717, 1.165) is 12.1 Å². The summed E-state index contributed by atoms with van der Waals surface area (Å²) in [6.07, 6.45) is -2.31. The van der Waals surface area contributed by atoms with Crippen LogP contribution in [-0.2, 0) is 10.9 Å². The highest BCUT2D eigenvalue weighted by atomic mass is 19.4. The molecule has 1 aromatic carbocycles. The molecule has 11 heteroatoms. The van der Waals surface area contributed by atoms with E-state index < -0.39 is 11.7 Å². The summed E-state index contributed by atoms with van der Waals surface area (Å²) in [4.78, 5) is 27.5. The smallest absolute Gasteiger partial charge is 0.416 e. The average Bonchev–Trinajstić information content (AvgIpc) is 2.83. The van der Waals surface area contributed by atoms with Gasteiger partial charge in [-0.25, -0.2) is 9.78 Å². The predicted molar refractivity (Wildman–Crippen MR) is 122 cm³/mol. The number of alkyl halides is 3. The number of hydrogen-bond donors (Lipinski definition) is 0. The molecule has 1 aliphatic rings. The van der Waals surface area contributed by atoms with Gasteiger partial charge in [0.15, 0.2) is 0 Å². The fourth-order valence-electron chi connectivity index (χ4n) is 3.34. The first-order chi connectivity index (χ1) is 16.5. The lowest BCUT2D eigenvalue weighted by molar-refractivity contribution is -0.137. The summed E-state index contributed by atoms with van der Waals surface area (Å²) in [7, 11) is 0. The lowest BCUT2D eigenvalue weighted by Gasteiger charge is -2.31. The molecule has 2 aromatic rings. The molecular formula is C24H29F3N4O4. The lowest BCUT2D eigenvalue weighted by Crippen LogP contribution is -2.42. The van der Waals surface area contributed by atoms with Gasteiger partial charge in [0.2, 0.25) is 5.88 Å². The Morgan fingerprint density at radius 3 is 2.37 bits per heavy atom. The lowest BCUT2D eigenvalue weighted by atomic mass is 10.1. The van der Waals surface area contributed by atoms with Crippen molar-refractivity contribution in [1.29, 1.82) is 0 Å². The van der Waals surface area contributed by atoms with Crippen LogP contribution >= 0.6 is 0 Å². The van der Waals surface area contributed by atoms with E-state index in [-0.39, 0.29) is 24.0 Å². The Morgan fingerprint density at radius 1 is 1.14 bits per heavy atom. The summed E-state index contributed by atoms with van der Waals surface area (Å²) in [6.45, 7) is 8.74. The number of hydrogen-bond acceptors (Lipinski definition) is 7. The standard InChI is InChI=1S/C24H29F3N4O4/c1-15(2)13-33-23(32)31-11-9-20(10-12-31)34-21-16(3)22(29-14-28-21)35-30-17(4)18-5-7-19(8-6-18)24(25,26)27/h5-8,14-15,20H,9-13H2,1-4H3/b30-17-. The van der Waals surface area contributed by atoms with E-state index in [1.165, 1.54) is 18.5 Å². The van der Waals surface area contributed by atoms with E-state index in [2.05, 4.69) is 15.1 Å². The normalized spacial score (nSPS) is 15.3. The molecular weight excluding hydrogens is 465 g/mol. The minimum atomic E-state index is -4.40. The van der Waals surface area contributed by atoms with E-state index in [1.54, 1.807) is 18.7 Å². The van der Waals surface area contributed by atoms with Crippen LogP contribution in [0.5, 0.6) is 11.8 Å². The Labute approximate surface area is 202 Å². The maximum absolute atomic E-state index is 12.7. The van der Waals surface area contributed by atoms with Gasteiger partial charge in [0.25, 0.3) is 5.88 Å². The van der Waals surface area contributed by atoms with Crippen molar-refractivity contribution in [2.45, 2.75) is 52.8 Å². The average molecular weight is 495 g/mol. The van der Waals surface area contributed by atoms with Gasteiger partial charge in [-0.1, -0.05) is 31.1 Å². The first kappa shape index (κ1) is 26.2. The third kappa shape index (κ3) is 7.30. The van der Waals surface area contributed by atoms with Crippen molar-refractivity contribution in [3.63, 3.8) is 0 Å². The van der Waals surface area contributed by atoms with Crippen LogP contribution in [0, 0.1) is 12.8 Å². The summed E-state index contributed by atoms with van der Waals surface area (Å²) in [6, 6.07) is 4.64. The molecule has 1 saturated heterocycles. The molecule has 35 heavy (non-hydrogen) atoms. The van der Waals surface area contributed by atoms with Gasteiger partial charge in [-0.15, -0.1) is 0 Å². The highest BCUT2D eigenvalue weighted by Gasteiger charge is 2.30. The number of carbonyl (C=O) groups excluding carboxylic acids is 1. The highest BCUT2D eigenvalue weighted by molar-refractivity contribution is 5.98. The number of piperidine rings is 1. The molecule has 0 unspecified atom stereocenters. The second-order valence-corrected chi connectivity index (χ2v) is 8.73. The Balaban J connectivity index is 1.58. The molecule has 1 aromatic heterocycles. The first-order valence-corrected chi connectivity index (χ1v) is 11.3. The molecule has 0 aliphatic carbocycles. The van der Waals surface area contributed by atoms with Crippen molar-refractivity contribution in [1.82, 2.24) is 14.9 Å². The molecule has 0 N–H and O–H groups in total. The zero-order valence-electron chi connectivity index (χ0n) is 20.1. The Morgan fingerprint density at radius 2 is 1.77 bits per heavy atom. The number of carbonyl (C=O) groups is 1. The molecule has 0 bridgehead atoms. The van der Waals surface area contributed by atoms with Gasteiger partial charge in [-0.3, -0.25) is 0 Å². The number of aromatic nitrogens is 2. The van der Waals surface area contributed by atoms with Crippen LogP contribution in [0.1, 0.15) is 50.3 Å². The molecule has 1 fully saturated rings. The summed E-state index contributed by atoms with van der Waals surface area (Å²) >= 11 is 0. The summed E-state index contributed by atoms with van der Waals surface area (Å²) in [5.74, 6) is 0.800. The SMILES string of the molecule is C/C(=N/Oc1ncnc(OC2CCN(C(=O)OCC(C)C)CC2)c1C)c1ccc(C(F)(F)F)cc1. The van der Waals surface area contributed by atoms with Crippen LogP contribution in [-0.4, -0.2) is 52.5 Å². The van der Waals surface area contributed by atoms with Crippen molar-refractivity contribution in [3.8, 4) is 11.8 Å². The van der Waals surface area contributed by atoms with E-state index >= 15 is 0 Å². The molecule has 1 aliphatic heterocycles. The zero-order valence-corrected chi connectivity index (χ0v) is 20.1. The van der Waals surface area contributed by atoms with Crippen molar-refractivity contribution in [3.05, 3.63) is 47.3 Å². The summed E-state index contributed by atoms with van der Waals surface area (Å²) < 4.78 is 49.5. The molecule has 0 atom stereocenters. The number of halogens is 3. The van der Waals surface area contributed by atoms with E-state index in [1.807, 2.05) is 13.8 Å².